The third-order valence-corrected chi connectivity index (χ3v) is 7.94. The number of nitrogens with one attached hydrogen (secondary N) is 1. The number of carbonyl (C=O) groups excluding carboxylic acids is 1. The number of carbonyl (C=O) groups is 1. The Morgan fingerprint density at radius 3 is 2.25 bits per heavy atom. The average Bonchev–Trinajstić information content (AvgIpc) is 3.47. The van der Waals surface area contributed by atoms with E-state index in [1.54, 1.807) is 18.2 Å². The first-order chi connectivity index (χ1) is 21.4. The monoisotopic (exact) mass is 614 g/mol. The molecule has 10 nitrogen and oxygen atoms in total. The van der Waals surface area contributed by atoms with Crippen LogP contribution in [0.3, 0.4) is 0 Å². The standard InChI is InChI=1S/C33H34N4O6S/c1-5-21(2)23-11-13-25(14-12-23)41-15-16-42-30-27(39-3)18-22(19-28(30)40-4)17-26-31(34)37-33(35-32(26)38)44-29(36-37)20-43-24-9-7-6-8-10-24/h6-14,17-19,21,34H,5,15-16,20H2,1-4H3/b26-17+,34-31?/t21-/m1/s1. The molecule has 0 fully saturated rings. The van der Waals surface area contributed by atoms with Crippen LogP contribution in [0.15, 0.2) is 82.4 Å². The second-order valence-corrected chi connectivity index (χ2v) is 11.0. The largest absolute Gasteiger partial charge is 0.493 e. The lowest BCUT2D eigenvalue weighted by atomic mass is 9.99. The molecule has 2 heterocycles. The Balaban J connectivity index is 1.25. The summed E-state index contributed by atoms with van der Waals surface area (Å²) >= 11 is 1.20. The smallest absolute Gasteiger partial charge is 0.283 e. The van der Waals surface area contributed by atoms with Crippen molar-refractivity contribution in [3.05, 3.63) is 83.4 Å². The number of ether oxygens (including phenoxy) is 5. The van der Waals surface area contributed by atoms with Gasteiger partial charge in [-0.3, -0.25) is 10.2 Å². The summed E-state index contributed by atoms with van der Waals surface area (Å²) < 4.78 is 28.8. The maximum absolute atomic E-state index is 13.0. The lowest BCUT2D eigenvalue weighted by Crippen LogP contribution is -2.35. The molecule has 2 aliphatic rings. The first-order valence-electron chi connectivity index (χ1n) is 14.2. The third-order valence-electron chi connectivity index (χ3n) is 7.06. The van der Waals surface area contributed by atoms with E-state index < -0.39 is 5.91 Å². The van der Waals surface area contributed by atoms with Gasteiger partial charge in [0, 0.05) is 0 Å². The molecular weight excluding hydrogens is 580 g/mol. The Hall–Kier alpha value is -4.77. The average molecular weight is 615 g/mol. The number of benzene rings is 3. The van der Waals surface area contributed by atoms with E-state index in [1.807, 2.05) is 42.5 Å². The molecule has 1 atom stereocenters. The predicted molar refractivity (Wildman–Crippen MR) is 173 cm³/mol. The van der Waals surface area contributed by atoms with Gasteiger partial charge in [0.2, 0.25) is 10.9 Å². The summed E-state index contributed by atoms with van der Waals surface area (Å²) in [5, 5.41) is 15.4. The molecule has 44 heavy (non-hydrogen) atoms. The van der Waals surface area contributed by atoms with Gasteiger partial charge < -0.3 is 23.7 Å². The third kappa shape index (κ3) is 7.05. The fraction of sp³-hybridized carbons (Fsp3) is 0.273. The number of amides is 1. The summed E-state index contributed by atoms with van der Waals surface area (Å²) in [6, 6.07) is 20.9. The van der Waals surface area contributed by atoms with E-state index in [-0.39, 0.29) is 24.6 Å². The van der Waals surface area contributed by atoms with E-state index in [2.05, 4.69) is 36.1 Å². The normalized spacial score (nSPS) is 15.8. The fourth-order valence-electron chi connectivity index (χ4n) is 4.48. The maximum atomic E-state index is 13.0. The first kappa shape index (κ1) is 30.7. The van der Waals surface area contributed by atoms with Gasteiger partial charge in [0.25, 0.3) is 5.91 Å². The minimum atomic E-state index is -0.540. The van der Waals surface area contributed by atoms with Gasteiger partial charge in [-0.1, -0.05) is 44.2 Å². The molecular formula is C33H34N4O6S. The van der Waals surface area contributed by atoms with Gasteiger partial charge >= 0.3 is 0 Å². The number of para-hydroxylation sites is 1. The highest BCUT2D eigenvalue weighted by Crippen LogP contribution is 2.39. The number of methoxy groups -OCH3 is 2. The zero-order valence-electron chi connectivity index (χ0n) is 25.0. The number of fused-ring (bicyclic) bond motifs is 1. The summed E-state index contributed by atoms with van der Waals surface area (Å²) in [6.07, 6.45) is 2.64. The minimum absolute atomic E-state index is 0.0776. The topological polar surface area (TPSA) is 115 Å². The highest BCUT2D eigenvalue weighted by Gasteiger charge is 2.36. The molecule has 0 saturated carbocycles. The highest BCUT2D eigenvalue weighted by atomic mass is 32.2. The zero-order valence-corrected chi connectivity index (χ0v) is 25.8. The molecule has 3 aromatic rings. The van der Waals surface area contributed by atoms with Crippen LogP contribution in [0, 0.1) is 5.41 Å². The quantitative estimate of drug-likeness (QED) is 0.174. The van der Waals surface area contributed by atoms with Crippen molar-refractivity contribution < 1.29 is 28.5 Å². The van der Waals surface area contributed by atoms with Crippen LogP contribution in [0.25, 0.3) is 6.08 Å². The molecule has 0 saturated heterocycles. The Labute approximate surface area is 260 Å². The van der Waals surface area contributed by atoms with Crippen LogP contribution in [-0.2, 0) is 4.79 Å². The molecule has 0 spiro atoms. The lowest BCUT2D eigenvalue weighted by molar-refractivity contribution is -0.114. The summed E-state index contributed by atoms with van der Waals surface area (Å²) in [6.45, 7) is 5.13. The summed E-state index contributed by atoms with van der Waals surface area (Å²) in [4.78, 5) is 17.1. The van der Waals surface area contributed by atoms with Crippen LogP contribution in [-0.4, -0.2) is 61.0 Å². The van der Waals surface area contributed by atoms with Crippen molar-refractivity contribution in [2.24, 2.45) is 10.1 Å². The zero-order chi connectivity index (χ0) is 31.1. The molecule has 0 unspecified atom stereocenters. The number of rotatable bonds is 13. The predicted octanol–water partition coefficient (Wildman–Crippen LogP) is 6.37. The summed E-state index contributed by atoms with van der Waals surface area (Å²) in [7, 11) is 3.04. The number of aliphatic imine (C=N–C) groups is 1. The second kappa shape index (κ2) is 14.1. The number of amidine groups is 2. The Bertz CT molecular complexity index is 1580. The van der Waals surface area contributed by atoms with Gasteiger partial charge in [0.1, 0.15) is 36.4 Å². The number of thioether (sulfide) groups is 1. The molecule has 228 valence electrons. The van der Waals surface area contributed by atoms with Gasteiger partial charge in [-0.25, -0.2) is 0 Å². The van der Waals surface area contributed by atoms with E-state index in [9.17, 15) is 4.79 Å². The van der Waals surface area contributed by atoms with E-state index in [0.717, 1.165) is 12.2 Å². The fourth-order valence-corrected chi connectivity index (χ4v) is 5.27. The number of hydrazone groups is 1. The Morgan fingerprint density at radius 2 is 1.59 bits per heavy atom. The molecule has 1 N–H and O–H groups in total. The van der Waals surface area contributed by atoms with E-state index in [0.29, 0.717) is 51.3 Å². The Kier molecular flexibility index (Phi) is 9.86. The molecule has 0 radical (unpaired) electrons. The van der Waals surface area contributed by atoms with Gasteiger partial charge in [-0.15, -0.1) is 0 Å². The highest BCUT2D eigenvalue weighted by molar-refractivity contribution is 8.27. The van der Waals surface area contributed by atoms with Crippen LogP contribution in [0.1, 0.15) is 37.3 Å². The van der Waals surface area contributed by atoms with Crippen LogP contribution < -0.4 is 23.7 Å². The van der Waals surface area contributed by atoms with Crippen molar-refractivity contribution in [2.75, 3.05) is 34.0 Å². The van der Waals surface area contributed by atoms with Crippen molar-refractivity contribution in [1.29, 1.82) is 5.41 Å². The van der Waals surface area contributed by atoms with Crippen LogP contribution >= 0.6 is 11.8 Å². The molecule has 1 amide bonds. The van der Waals surface area contributed by atoms with Gasteiger partial charge in [-0.05, 0) is 77.7 Å². The molecule has 2 aliphatic heterocycles. The van der Waals surface area contributed by atoms with Crippen LogP contribution in [0.5, 0.6) is 28.7 Å². The van der Waals surface area contributed by atoms with Crippen LogP contribution in [0.2, 0.25) is 0 Å². The minimum Gasteiger partial charge on any atom is -0.493 e. The molecule has 0 bridgehead atoms. The molecule has 3 aromatic carbocycles. The van der Waals surface area contributed by atoms with Crippen molar-refractivity contribution in [2.45, 2.75) is 26.2 Å². The van der Waals surface area contributed by atoms with Crippen LogP contribution in [0.4, 0.5) is 0 Å². The van der Waals surface area contributed by atoms with Crippen molar-refractivity contribution in [3.63, 3.8) is 0 Å². The maximum Gasteiger partial charge on any atom is 0.283 e. The summed E-state index contributed by atoms with van der Waals surface area (Å²) in [5.41, 5.74) is 1.93. The molecule has 11 heteroatoms. The number of hydrogen-bond donors (Lipinski definition) is 1. The summed E-state index contributed by atoms with van der Waals surface area (Å²) in [5.74, 6) is 2.56. The second-order valence-electron chi connectivity index (χ2n) is 9.95. The van der Waals surface area contributed by atoms with E-state index >= 15 is 0 Å². The Morgan fingerprint density at radius 1 is 0.932 bits per heavy atom. The first-order valence-corrected chi connectivity index (χ1v) is 15.0. The van der Waals surface area contributed by atoms with Gasteiger partial charge in [0.15, 0.2) is 17.3 Å². The van der Waals surface area contributed by atoms with Gasteiger partial charge in [0.05, 0.1) is 19.8 Å². The SMILES string of the molecule is CC[C@@H](C)c1ccc(OCCOc2c(OC)cc(/C=C3\C(=N)N4N=C(COc5ccccc5)SC4=NC3=O)cc2OC)cc1. The van der Waals surface area contributed by atoms with Crippen molar-refractivity contribution in [1.82, 2.24) is 5.01 Å². The number of nitrogens with zero attached hydrogens (tertiary/aromatic N) is 3. The molecule has 5 rings (SSSR count). The lowest BCUT2D eigenvalue weighted by Gasteiger charge is -2.20. The van der Waals surface area contributed by atoms with Crippen molar-refractivity contribution >= 4 is 39.8 Å². The van der Waals surface area contributed by atoms with Crippen molar-refractivity contribution in [3.8, 4) is 28.7 Å². The molecule has 0 aromatic heterocycles. The number of hydrogen-bond acceptors (Lipinski definition) is 9. The van der Waals surface area contributed by atoms with E-state index in [4.69, 9.17) is 29.1 Å². The molecule has 0 aliphatic carbocycles. The van der Waals surface area contributed by atoms with Gasteiger partial charge in [-0.2, -0.15) is 15.1 Å². The van der Waals surface area contributed by atoms with E-state index in [1.165, 1.54) is 36.6 Å².